The average Bonchev–Trinajstić information content (AvgIpc) is 2.16. The molecule has 0 spiro atoms. The van der Waals surface area contributed by atoms with E-state index < -0.39 is 18.2 Å². The van der Waals surface area contributed by atoms with Gasteiger partial charge in [-0.15, -0.1) is 0 Å². The summed E-state index contributed by atoms with van der Waals surface area (Å²) in [6.07, 6.45) is -0.489. The van der Waals surface area contributed by atoms with Gasteiger partial charge in [-0.1, -0.05) is 30.3 Å². The summed E-state index contributed by atoms with van der Waals surface area (Å²) in [7, 11) is 0. The average molecular weight is 222 g/mol. The summed E-state index contributed by atoms with van der Waals surface area (Å²) in [4.78, 5) is 21.6. The Kier molecular flexibility index (Phi) is 4.51. The third-order valence-electron chi connectivity index (χ3n) is 1.84. The van der Waals surface area contributed by atoms with Crippen LogP contribution in [0.5, 0.6) is 0 Å². The van der Waals surface area contributed by atoms with E-state index in [4.69, 9.17) is 9.47 Å². The van der Waals surface area contributed by atoms with E-state index in [1.807, 2.05) is 30.3 Å². The van der Waals surface area contributed by atoms with Crippen molar-refractivity contribution in [1.29, 1.82) is 0 Å². The fraction of sp³-hybridized carbons (Fsp3) is 0.333. The summed E-state index contributed by atoms with van der Waals surface area (Å²) in [6.45, 7) is 2.56. The van der Waals surface area contributed by atoms with Gasteiger partial charge in [0.05, 0.1) is 0 Å². The van der Waals surface area contributed by atoms with Gasteiger partial charge in [0.25, 0.3) is 6.29 Å². The number of hydrogen-bond donors (Lipinski definition) is 0. The van der Waals surface area contributed by atoms with E-state index in [2.05, 4.69) is 0 Å². The molecule has 0 amide bonds. The molecule has 0 aliphatic rings. The van der Waals surface area contributed by atoms with Crippen LogP contribution in [0.15, 0.2) is 30.3 Å². The number of rotatable bonds is 4. The van der Waals surface area contributed by atoms with Gasteiger partial charge < -0.3 is 9.47 Å². The summed E-state index contributed by atoms with van der Waals surface area (Å²) in [5.41, 5.74) is 0.940. The van der Waals surface area contributed by atoms with Crippen LogP contribution in [0.2, 0.25) is 0 Å². The van der Waals surface area contributed by atoms with Crippen molar-refractivity contribution in [2.24, 2.45) is 0 Å². The highest BCUT2D eigenvalue weighted by Gasteiger charge is 2.15. The molecule has 86 valence electrons. The van der Waals surface area contributed by atoms with Crippen molar-refractivity contribution in [1.82, 2.24) is 0 Å². The molecule has 16 heavy (non-hydrogen) atoms. The van der Waals surface area contributed by atoms with Crippen molar-refractivity contribution in [2.75, 3.05) is 0 Å². The second-order valence-electron chi connectivity index (χ2n) is 3.34. The van der Waals surface area contributed by atoms with Crippen LogP contribution in [0.25, 0.3) is 0 Å². The maximum atomic E-state index is 10.8. The van der Waals surface area contributed by atoms with Crippen molar-refractivity contribution in [3.05, 3.63) is 35.9 Å². The van der Waals surface area contributed by atoms with E-state index in [-0.39, 0.29) is 0 Å². The lowest BCUT2D eigenvalue weighted by Gasteiger charge is -2.16. The second-order valence-corrected chi connectivity index (χ2v) is 3.34. The lowest BCUT2D eigenvalue weighted by molar-refractivity contribution is -0.184. The van der Waals surface area contributed by atoms with Crippen molar-refractivity contribution in [3.8, 4) is 0 Å². The maximum absolute atomic E-state index is 10.8. The van der Waals surface area contributed by atoms with Crippen LogP contribution in [-0.2, 0) is 25.5 Å². The van der Waals surface area contributed by atoms with Gasteiger partial charge >= 0.3 is 11.9 Å². The Labute approximate surface area is 94.2 Å². The zero-order chi connectivity index (χ0) is 12.0. The summed E-state index contributed by atoms with van der Waals surface area (Å²) in [6, 6.07) is 9.37. The fourth-order valence-electron chi connectivity index (χ4n) is 1.28. The molecule has 1 rings (SSSR count). The molecule has 0 atom stereocenters. The first-order valence-corrected chi connectivity index (χ1v) is 4.96. The smallest absolute Gasteiger partial charge is 0.305 e. The maximum Gasteiger partial charge on any atom is 0.305 e. The Morgan fingerprint density at radius 3 is 2.00 bits per heavy atom. The minimum atomic E-state index is -0.850. The second kappa shape index (κ2) is 5.90. The normalized spacial score (nSPS) is 9.94. The van der Waals surface area contributed by atoms with Gasteiger partial charge in [-0.2, -0.15) is 0 Å². The quantitative estimate of drug-likeness (QED) is 0.574. The lowest BCUT2D eigenvalue weighted by Crippen LogP contribution is -2.24. The molecule has 0 aromatic heterocycles. The molecule has 0 aliphatic heterocycles. The van der Waals surface area contributed by atoms with E-state index in [9.17, 15) is 9.59 Å². The molecular weight excluding hydrogens is 208 g/mol. The lowest BCUT2D eigenvalue weighted by atomic mass is 10.1. The Balaban J connectivity index is 2.63. The van der Waals surface area contributed by atoms with E-state index in [0.717, 1.165) is 5.56 Å². The van der Waals surface area contributed by atoms with Gasteiger partial charge in [-0.3, -0.25) is 9.59 Å². The third kappa shape index (κ3) is 4.59. The fourth-order valence-corrected chi connectivity index (χ4v) is 1.28. The van der Waals surface area contributed by atoms with Crippen LogP contribution in [0.1, 0.15) is 19.4 Å². The Bertz CT molecular complexity index is 343. The van der Waals surface area contributed by atoms with Gasteiger partial charge in [0.2, 0.25) is 0 Å². The topological polar surface area (TPSA) is 52.6 Å². The molecule has 0 heterocycles. The zero-order valence-corrected chi connectivity index (χ0v) is 9.30. The van der Waals surface area contributed by atoms with Crippen molar-refractivity contribution in [3.63, 3.8) is 0 Å². The molecule has 0 fully saturated rings. The summed E-state index contributed by atoms with van der Waals surface area (Å²) < 4.78 is 9.77. The molecule has 0 radical (unpaired) electrons. The first-order valence-electron chi connectivity index (χ1n) is 4.96. The predicted octanol–water partition coefficient (Wildman–Crippen LogP) is 1.68. The molecular formula is C12H14O4. The van der Waals surface area contributed by atoms with Gasteiger partial charge in [-0.05, 0) is 5.56 Å². The van der Waals surface area contributed by atoms with Gasteiger partial charge in [0.15, 0.2) is 0 Å². The SMILES string of the molecule is CC(=O)OC(Cc1ccccc1)OC(C)=O. The minimum Gasteiger partial charge on any atom is -0.425 e. The number of esters is 2. The largest absolute Gasteiger partial charge is 0.425 e. The molecule has 4 nitrogen and oxygen atoms in total. The summed E-state index contributed by atoms with van der Waals surface area (Å²) in [5.74, 6) is -0.940. The molecule has 0 saturated heterocycles. The van der Waals surface area contributed by atoms with Crippen LogP contribution in [0.4, 0.5) is 0 Å². The van der Waals surface area contributed by atoms with E-state index >= 15 is 0 Å². The van der Waals surface area contributed by atoms with E-state index in [1.54, 1.807) is 0 Å². The highest BCUT2D eigenvalue weighted by molar-refractivity contribution is 5.68. The third-order valence-corrected chi connectivity index (χ3v) is 1.84. The number of ether oxygens (including phenoxy) is 2. The zero-order valence-electron chi connectivity index (χ0n) is 9.30. The monoisotopic (exact) mass is 222 g/mol. The molecule has 0 N–H and O–H groups in total. The first kappa shape index (κ1) is 12.2. The Hall–Kier alpha value is -1.84. The number of hydrogen-bond acceptors (Lipinski definition) is 4. The highest BCUT2D eigenvalue weighted by Crippen LogP contribution is 2.07. The summed E-state index contributed by atoms with van der Waals surface area (Å²) in [5, 5.41) is 0. The molecule has 4 heteroatoms. The van der Waals surface area contributed by atoms with Gasteiger partial charge in [0, 0.05) is 20.3 Å². The van der Waals surface area contributed by atoms with Gasteiger partial charge in [-0.25, -0.2) is 0 Å². The van der Waals surface area contributed by atoms with E-state index in [0.29, 0.717) is 6.42 Å². The predicted molar refractivity (Wildman–Crippen MR) is 57.5 cm³/mol. The molecule has 0 unspecified atom stereocenters. The molecule has 0 saturated carbocycles. The van der Waals surface area contributed by atoms with Crippen LogP contribution in [0, 0.1) is 0 Å². The first-order chi connectivity index (χ1) is 7.58. The van der Waals surface area contributed by atoms with Crippen molar-refractivity contribution in [2.45, 2.75) is 26.6 Å². The number of carbonyl (C=O) groups is 2. The minimum absolute atomic E-state index is 0.361. The molecule has 1 aromatic carbocycles. The standard InChI is InChI=1S/C12H14O4/c1-9(13)15-12(16-10(2)14)8-11-6-4-3-5-7-11/h3-7,12H,8H2,1-2H3. The highest BCUT2D eigenvalue weighted by atomic mass is 16.7. The van der Waals surface area contributed by atoms with E-state index in [1.165, 1.54) is 13.8 Å². The number of benzene rings is 1. The van der Waals surface area contributed by atoms with Crippen LogP contribution in [-0.4, -0.2) is 18.2 Å². The van der Waals surface area contributed by atoms with Crippen molar-refractivity contribution < 1.29 is 19.1 Å². The van der Waals surface area contributed by atoms with Crippen LogP contribution >= 0.6 is 0 Å². The van der Waals surface area contributed by atoms with Crippen LogP contribution in [0.3, 0.4) is 0 Å². The Morgan fingerprint density at radius 2 is 1.56 bits per heavy atom. The summed E-state index contributed by atoms with van der Waals surface area (Å²) >= 11 is 0. The number of carbonyl (C=O) groups excluding carboxylic acids is 2. The molecule has 1 aromatic rings. The Morgan fingerprint density at radius 1 is 1.06 bits per heavy atom. The molecule has 0 aliphatic carbocycles. The molecule has 0 bridgehead atoms. The van der Waals surface area contributed by atoms with Crippen molar-refractivity contribution >= 4 is 11.9 Å². The van der Waals surface area contributed by atoms with Crippen LogP contribution < -0.4 is 0 Å². The van der Waals surface area contributed by atoms with Gasteiger partial charge in [0.1, 0.15) is 0 Å².